The highest BCUT2D eigenvalue weighted by Crippen LogP contribution is 2.30. The molecule has 1 aromatic rings. The summed E-state index contributed by atoms with van der Waals surface area (Å²) in [6, 6.07) is 8.98. The van der Waals surface area contributed by atoms with Crippen molar-refractivity contribution in [3.05, 3.63) is 29.8 Å². The van der Waals surface area contributed by atoms with Crippen LogP contribution in [-0.4, -0.2) is 13.2 Å². The van der Waals surface area contributed by atoms with Crippen LogP contribution >= 0.6 is 0 Å². The van der Waals surface area contributed by atoms with E-state index in [1.807, 2.05) is 13.0 Å². The van der Waals surface area contributed by atoms with Gasteiger partial charge < -0.3 is 10.1 Å². The molecule has 1 fully saturated rings. The highest BCUT2D eigenvalue weighted by Gasteiger charge is 2.22. The van der Waals surface area contributed by atoms with Crippen molar-refractivity contribution >= 4 is 0 Å². The van der Waals surface area contributed by atoms with Crippen LogP contribution in [0.3, 0.4) is 0 Å². The average Bonchev–Trinajstić information content (AvgIpc) is 2.30. The second-order valence-electron chi connectivity index (χ2n) is 4.56. The van der Waals surface area contributed by atoms with Crippen molar-refractivity contribution in [1.82, 2.24) is 5.32 Å². The molecule has 1 N–H and O–H groups in total. The van der Waals surface area contributed by atoms with Crippen LogP contribution in [0.15, 0.2) is 24.3 Å². The summed E-state index contributed by atoms with van der Waals surface area (Å²) in [5, 5.41) is 3.60. The van der Waals surface area contributed by atoms with Gasteiger partial charge in [0, 0.05) is 6.04 Å². The third-order valence-electron chi connectivity index (χ3n) is 3.30. The molecule has 0 bridgehead atoms. The molecule has 2 unspecified atom stereocenters. The maximum Gasteiger partial charge on any atom is 0.119 e. The Kier molecular flexibility index (Phi) is 3.83. The first kappa shape index (κ1) is 11.5. The van der Waals surface area contributed by atoms with E-state index in [1.54, 1.807) is 0 Å². The van der Waals surface area contributed by atoms with Crippen molar-refractivity contribution in [2.45, 2.75) is 32.7 Å². The highest BCUT2D eigenvalue weighted by molar-refractivity contribution is 5.31. The molecule has 0 spiro atoms. The number of hydrogen-bond acceptors (Lipinski definition) is 2. The molecule has 2 atom stereocenters. The van der Waals surface area contributed by atoms with Gasteiger partial charge in [-0.25, -0.2) is 0 Å². The topological polar surface area (TPSA) is 21.3 Å². The molecule has 2 heteroatoms. The lowest BCUT2D eigenvalue weighted by molar-refractivity contribution is 0.303. The van der Waals surface area contributed by atoms with E-state index >= 15 is 0 Å². The zero-order valence-electron chi connectivity index (χ0n) is 10.2. The number of ether oxygens (including phenoxy) is 1. The normalized spacial score (nSPS) is 25.4. The highest BCUT2D eigenvalue weighted by atomic mass is 16.5. The third kappa shape index (κ3) is 2.56. The quantitative estimate of drug-likeness (QED) is 0.843. The summed E-state index contributed by atoms with van der Waals surface area (Å²) in [6.45, 7) is 6.21. The first-order valence-electron chi connectivity index (χ1n) is 6.27. The van der Waals surface area contributed by atoms with Crippen LogP contribution in [0.2, 0.25) is 0 Å². The summed E-state index contributed by atoms with van der Waals surface area (Å²) >= 11 is 0. The molecule has 0 amide bonds. The Hall–Kier alpha value is -1.02. The van der Waals surface area contributed by atoms with Crippen LogP contribution in [-0.2, 0) is 0 Å². The SMILES string of the molecule is CCOc1cccc(C2NCCCC2C)c1. The second kappa shape index (κ2) is 5.35. The Morgan fingerprint density at radius 2 is 2.31 bits per heavy atom. The number of benzene rings is 1. The molecule has 2 nitrogen and oxygen atoms in total. The van der Waals surface area contributed by atoms with Gasteiger partial charge in [-0.1, -0.05) is 19.1 Å². The molecule has 0 aromatic heterocycles. The molecule has 1 saturated heterocycles. The van der Waals surface area contributed by atoms with E-state index in [0.717, 1.165) is 18.9 Å². The van der Waals surface area contributed by atoms with E-state index in [2.05, 4.69) is 30.4 Å². The van der Waals surface area contributed by atoms with Gasteiger partial charge in [0.2, 0.25) is 0 Å². The van der Waals surface area contributed by atoms with Gasteiger partial charge in [-0.15, -0.1) is 0 Å². The molecule has 1 aromatic carbocycles. The molecule has 0 saturated carbocycles. The smallest absolute Gasteiger partial charge is 0.119 e. The fourth-order valence-corrected chi connectivity index (χ4v) is 2.46. The summed E-state index contributed by atoms with van der Waals surface area (Å²) in [7, 11) is 0. The van der Waals surface area contributed by atoms with Crippen LogP contribution in [0, 0.1) is 5.92 Å². The monoisotopic (exact) mass is 219 g/mol. The van der Waals surface area contributed by atoms with Gasteiger partial charge in [0.05, 0.1) is 6.61 Å². The Morgan fingerprint density at radius 1 is 1.44 bits per heavy atom. The van der Waals surface area contributed by atoms with Gasteiger partial charge >= 0.3 is 0 Å². The average molecular weight is 219 g/mol. The van der Waals surface area contributed by atoms with Crippen molar-refractivity contribution < 1.29 is 4.74 Å². The summed E-state index contributed by atoms with van der Waals surface area (Å²) in [6.07, 6.45) is 2.61. The van der Waals surface area contributed by atoms with Gasteiger partial charge in [-0.3, -0.25) is 0 Å². The third-order valence-corrected chi connectivity index (χ3v) is 3.30. The first-order chi connectivity index (χ1) is 7.81. The van der Waals surface area contributed by atoms with Gasteiger partial charge in [0.25, 0.3) is 0 Å². The molecule has 16 heavy (non-hydrogen) atoms. The molecule has 1 aliphatic rings. The number of piperidine rings is 1. The minimum Gasteiger partial charge on any atom is -0.494 e. The minimum atomic E-state index is 0.495. The lowest BCUT2D eigenvalue weighted by Crippen LogP contribution is -2.32. The standard InChI is InChI=1S/C14H21NO/c1-3-16-13-8-4-7-12(10-13)14-11(2)6-5-9-15-14/h4,7-8,10-11,14-15H,3,5-6,9H2,1-2H3. The number of nitrogens with one attached hydrogen (secondary N) is 1. The van der Waals surface area contributed by atoms with E-state index in [0.29, 0.717) is 12.0 Å². The first-order valence-corrected chi connectivity index (χ1v) is 6.27. The van der Waals surface area contributed by atoms with Crippen LogP contribution in [0.1, 0.15) is 38.3 Å². The van der Waals surface area contributed by atoms with Crippen LogP contribution in [0.5, 0.6) is 5.75 Å². The molecule has 88 valence electrons. The van der Waals surface area contributed by atoms with Crippen LogP contribution < -0.4 is 10.1 Å². The summed E-state index contributed by atoms with van der Waals surface area (Å²) in [4.78, 5) is 0. The van der Waals surface area contributed by atoms with E-state index < -0.39 is 0 Å². The minimum absolute atomic E-state index is 0.495. The van der Waals surface area contributed by atoms with Crippen molar-refractivity contribution in [3.8, 4) is 5.75 Å². The zero-order chi connectivity index (χ0) is 11.4. The molecular weight excluding hydrogens is 198 g/mol. The molecule has 0 aliphatic carbocycles. The number of rotatable bonds is 3. The molecule has 1 aliphatic heterocycles. The Balaban J connectivity index is 2.15. The Bertz CT molecular complexity index is 337. The number of hydrogen-bond donors (Lipinski definition) is 1. The summed E-state index contributed by atoms with van der Waals surface area (Å²) in [5.74, 6) is 1.70. The van der Waals surface area contributed by atoms with Crippen molar-refractivity contribution in [1.29, 1.82) is 0 Å². The molecule has 0 radical (unpaired) electrons. The molecular formula is C14H21NO. The van der Waals surface area contributed by atoms with Gasteiger partial charge in [-0.2, -0.15) is 0 Å². The van der Waals surface area contributed by atoms with E-state index in [9.17, 15) is 0 Å². The Labute approximate surface area is 98.0 Å². The summed E-state index contributed by atoms with van der Waals surface area (Å²) < 4.78 is 5.54. The van der Waals surface area contributed by atoms with Crippen LogP contribution in [0.4, 0.5) is 0 Å². The fraction of sp³-hybridized carbons (Fsp3) is 0.571. The van der Waals surface area contributed by atoms with E-state index in [4.69, 9.17) is 4.74 Å². The maximum atomic E-state index is 5.54. The largest absolute Gasteiger partial charge is 0.494 e. The van der Waals surface area contributed by atoms with Gasteiger partial charge in [0.1, 0.15) is 5.75 Å². The second-order valence-corrected chi connectivity index (χ2v) is 4.56. The lowest BCUT2D eigenvalue weighted by Gasteiger charge is -2.30. The van der Waals surface area contributed by atoms with Crippen molar-refractivity contribution in [3.63, 3.8) is 0 Å². The zero-order valence-corrected chi connectivity index (χ0v) is 10.2. The van der Waals surface area contributed by atoms with Gasteiger partial charge in [0.15, 0.2) is 0 Å². The predicted octanol–water partition coefficient (Wildman–Crippen LogP) is 3.15. The predicted molar refractivity (Wildman–Crippen MR) is 66.8 cm³/mol. The van der Waals surface area contributed by atoms with Crippen molar-refractivity contribution in [2.24, 2.45) is 5.92 Å². The molecule has 2 rings (SSSR count). The van der Waals surface area contributed by atoms with Crippen LogP contribution in [0.25, 0.3) is 0 Å². The van der Waals surface area contributed by atoms with Gasteiger partial charge in [-0.05, 0) is 49.9 Å². The van der Waals surface area contributed by atoms with E-state index in [1.165, 1.54) is 18.4 Å². The van der Waals surface area contributed by atoms with Crippen molar-refractivity contribution in [2.75, 3.05) is 13.2 Å². The maximum absolute atomic E-state index is 5.54. The summed E-state index contributed by atoms with van der Waals surface area (Å²) in [5.41, 5.74) is 1.36. The lowest BCUT2D eigenvalue weighted by atomic mass is 9.88. The Morgan fingerprint density at radius 3 is 3.06 bits per heavy atom. The fourth-order valence-electron chi connectivity index (χ4n) is 2.46. The molecule has 1 heterocycles. The van der Waals surface area contributed by atoms with E-state index in [-0.39, 0.29) is 0 Å².